The van der Waals surface area contributed by atoms with E-state index in [0.717, 1.165) is 109 Å². The molecule has 0 aliphatic carbocycles. The molecule has 0 radical (unpaired) electrons. The van der Waals surface area contributed by atoms with Gasteiger partial charge in [0.15, 0.2) is 0 Å². The van der Waals surface area contributed by atoms with E-state index in [1.165, 1.54) is 186 Å². The number of phosphoric ester groups is 1. The third-order valence-electron chi connectivity index (χ3n) is 16.2. The predicted octanol–water partition coefficient (Wildman–Crippen LogP) is 24.0. The molecule has 9 heteroatoms. The van der Waals surface area contributed by atoms with Crippen molar-refractivity contribution in [3.05, 3.63) is 122 Å². The second kappa shape index (κ2) is 68.3. The van der Waals surface area contributed by atoms with E-state index in [9.17, 15) is 19.4 Å². The molecule has 508 valence electrons. The molecule has 0 saturated carbocycles. The SMILES string of the molecule is CC/C=C\C/C=C\C/C=C\C/C=C\C/C=C\C/C=C\C/C=C\C/C=C\C/C=C\C/C=C\CCCCCCCCCCC(=O)NC(COP(=O)(O)OCC[N+](C)(C)C)C(O)CCCCCCCCCCCCCCCCCCCCCCCCCCCCC. The van der Waals surface area contributed by atoms with Crippen LogP contribution in [0, 0.1) is 0 Å². The zero-order valence-electron chi connectivity index (χ0n) is 58.2. The Morgan fingerprint density at radius 1 is 0.398 bits per heavy atom. The van der Waals surface area contributed by atoms with Gasteiger partial charge in [-0.2, -0.15) is 0 Å². The molecule has 0 aromatic rings. The van der Waals surface area contributed by atoms with Crippen molar-refractivity contribution in [2.45, 2.75) is 334 Å². The summed E-state index contributed by atoms with van der Waals surface area (Å²) in [5.41, 5.74) is 0. The Morgan fingerprint density at radius 3 is 1.00 bits per heavy atom. The van der Waals surface area contributed by atoms with E-state index < -0.39 is 20.0 Å². The number of nitrogens with one attached hydrogen (secondary N) is 1. The number of quaternary nitrogens is 1. The lowest BCUT2D eigenvalue weighted by molar-refractivity contribution is -0.870. The minimum absolute atomic E-state index is 0.0681. The molecular formula is C79H142N2O6P+. The molecule has 0 saturated heterocycles. The van der Waals surface area contributed by atoms with E-state index in [1.54, 1.807) is 0 Å². The summed E-state index contributed by atoms with van der Waals surface area (Å²) in [6.45, 7) is 4.79. The molecule has 0 bridgehead atoms. The molecule has 3 atom stereocenters. The van der Waals surface area contributed by atoms with Crippen LogP contribution in [0.15, 0.2) is 122 Å². The quantitative estimate of drug-likeness (QED) is 0.0243. The number of amides is 1. The molecular weight excluding hydrogens is 1100 g/mol. The van der Waals surface area contributed by atoms with E-state index in [0.29, 0.717) is 23.9 Å². The Balaban J connectivity index is 4.09. The summed E-state index contributed by atoms with van der Waals surface area (Å²) in [6.07, 6.45) is 102. The number of aliphatic hydroxyl groups is 1. The standard InChI is InChI=1S/C79H141N2O6P/c1-6-8-10-12-14-16-18-20-22-24-26-28-30-32-34-35-36-37-38-39-40-41-42-43-44-45-47-49-51-53-55-57-59-61-63-65-67-69-71-73-79(83)80-77(76-87-88(84,85)86-75-74-81(3,4)5)78(82)72-70-68-66-64-62-60-58-56-54-52-50-48-46-33-31-29-27-25-23-21-19-17-15-13-11-9-7-2/h8,10,14,16,20,22,26,28,32,34,36-37,39-40,42-43,45,47,51,53,77-78,82H,6-7,9,11-13,15,17-19,21,23-25,27,29-31,33,35,38,41,44,46,48-50,52,54-76H2,1-5H3,(H-,80,83,84,85)/p+1/b10-8-,16-14-,22-20-,28-26-,34-32-,37-36-,40-39-,43-42-,47-45-,53-51-. The third kappa shape index (κ3) is 70.4. The van der Waals surface area contributed by atoms with E-state index in [4.69, 9.17) is 9.05 Å². The number of hydrogen-bond donors (Lipinski definition) is 3. The summed E-state index contributed by atoms with van der Waals surface area (Å²) >= 11 is 0. The summed E-state index contributed by atoms with van der Waals surface area (Å²) in [7, 11) is 1.60. The Bertz CT molecular complexity index is 1850. The number of aliphatic hydroxyl groups excluding tert-OH is 1. The number of likely N-dealkylation sites (N-methyl/N-ethyl adjacent to an activating group) is 1. The molecule has 8 nitrogen and oxygen atoms in total. The largest absolute Gasteiger partial charge is 0.472 e. The van der Waals surface area contributed by atoms with Crippen molar-refractivity contribution in [1.29, 1.82) is 0 Å². The number of nitrogens with zero attached hydrogens (tertiary/aromatic N) is 1. The topological polar surface area (TPSA) is 105 Å². The van der Waals surface area contributed by atoms with E-state index >= 15 is 0 Å². The Kier molecular flexibility index (Phi) is 65.9. The highest BCUT2D eigenvalue weighted by molar-refractivity contribution is 7.47. The summed E-state index contributed by atoms with van der Waals surface area (Å²) in [5.74, 6) is -0.153. The molecule has 0 aromatic carbocycles. The van der Waals surface area contributed by atoms with E-state index in [1.807, 2.05) is 21.1 Å². The number of carbonyl (C=O) groups excluding carboxylic acids is 1. The van der Waals surface area contributed by atoms with Crippen LogP contribution in [0.5, 0.6) is 0 Å². The van der Waals surface area contributed by atoms with Crippen LogP contribution in [0.25, 0.3) is 0 Å². The van der Waals surface area contributed by atoms with Gasteiger partial charge in [-0.1, -0.05) is 347 Å². The predicted molar refractivity (Wildman–Crippen MR) is 387 cm³/mol. The fraction of sp³-hybridized carbons (Fsp3) is 0.734. The van der Waals surface area contributed by atoms with Crippen LogP contribution in [-0.2, 0) is 18.4 Å². The van der Waals surface area contributed by atoms with Crippen LogP contribution in [0.4, 0.5) is 0 Å². The summed E-state index contributed by atoms with van der Waals surface area (Å²) in [5, 5.41) is 14.2. The summed E-state index contributed by atoms with van der Waals surface area (Å²) < 4.78 is 23.9. The molecule has 0 spiro atoms. The molecule has 3 N–H and O–H groups in total. The smallest absolute Gasteiger partial charge is 0.391 e. The average molecular weight is 1250 g/mol. The summed E-state index contributed by atoms with van der Waals surface area (Å²) in [6, 6.07) is -0.775. The van der Waals surface area contributed by atoms with E-state index in [-0.39, 0.29) is 19.1 Å². The highest BCUT2D eigenvalue weighted by Crippen LogP contribution is 2.43. The molecule has 0 aromatic heterocycles. The Labute approximate surface area is 545 Å². The highest BCUT2D eigenvalue weighted by atomic mass is 31.2. The lowest BCUT2D eigenvalue weighted by Crippen LogP contribution is -2.46. The van der Waals surface area contributed by atoms with Gasteiger partial charge in [0, 0.05) is 6.42 Å². The van der Waals surface area contributed by atoms with Crippen molar-refractivity contribution in [2.24, 2.45) is 0 Å². The molecule has 0 rings (SSSR count). The van der Waals surface area contributed by atoms with Crippen LogP contribution in [0.2, 0.25) is 0 Å². The van der Waals surface area contributed by atoms with E-state index in [2.05, 4.69) is 141 Å². The van der Waals surface area contributed by atoms with Crippen molar-refractivity contribution >= 4 is 13.7 Å². The minimum atomic E-state index is -4.34. The fourth-order valence-electron chi connectivity index (χ4n) is 10.5. The molecule has 0 aliphatic rings. The van der Waals surface area contributed by atoms with Crippen molar-refractivity contribution in [3.63, 3.8) is 0 Å². The highest BCUT2D eigenvalue weighted by Gasteiger charge is 2.28. The maximum atomic E-state index is 13.1. The van der Waals surface area contributed by atoms with Crippen molar-refractivity contribution in [3.8, 4) is 0 Å². The van der Waals surface area contributed by atoms with Gasteiger partial charge in [0.05, 0.1) is 39.9 Å². The lowest BCUT2D eigenvalue weighted by Gasteiger charge is -2.26. The first-order chi connectivity index (χ1) is 43.0. The first-order valence-corrected chi connectivity index (χ1v) is 38.4. The van der Waals surface area contributed by atoms with Crippen LogP contribution in [-0.4, -0.2) is 73.4 Å². The Morgan fingerprint density at radius 2 is 0.682 bits per heavy atom. The average Bonchev–Trinajstić information content (AvgIpc) is 3.70. The van der Waals surface area contributed by atoms with Gasteiger partial charge in [-0.3, -0.25) is 13.8 Å². The van der Waals surface area contributed by atoms with Gasteiger partial charge in [0.25, 0.3) is 0 Å². The second-order valence-corrected chi connectivity index (χ2v) is 27.4. The van der Waals surface area contributed by atoms with Gasteiger partial charge in [-0.05, 0) is 89.9 Å². The number of unbranched alkanes of at least 4 members (excludes halogenated alkanes) is 34. The summed E-state index contributed by atoms with van der Waals surface area (Å²) in [4.78, 5) is 23.5. The molecule has 88 heavy (non-hydrogen) atoms. The van der Waals surface area contributed by atoms with Gasteiger partial charge in [-0.25, -0.2) is 4.57 Å². The lowest BCUT2D eigenvalue weighted by atomic mass is 10.0. The fourth-order valence-corrected chi connectivity index (χ4v) is 11.3. The van der Waals surface area contributed by atoms with Crippen LogP contribution < -0.4 is 5.32 Å². The van der Waals surface area contributed by atoms with Gasteiger partial charge in [0.2, 0.25) is 5.91 Å². The minimum Gasteiger partial charge on any atom is -0.391 e. The second-order valence-electron chi connectivity index (χ2n) is 25.9. The molecule has 3 unspecified atom stereocenters. The zero-order chi connectivity index (χ0) is 64.1. The number of carbonyl (C=O) groups is 1. The Hall–Kier alpha value is -3.10. The van der Waals surface area contributed by atoms with Gasteiger partial charge in [0.1, 0.15) is 13.2 Å². The number of allylic oxidation sites excluding steroid dienone is 20. The van der Waals surface area contributed by atoms with Gasteiger partial charge in [-0.15, -0.1) is 0 Å². The van der Waals surface area contributed by atoms with Crippen LogP contribution in [0.1, 0.15) is 322 Å². The van der Waals surface area contributed by atoms with Crippen LogP contribution in [0.3, 0.4) is 0 Å². The van der Waals surface area contributed by atoms with Gasteiger partial charge < -0.3 is 19.8 Å². The maximum Gasteiger partial charge on any atom is 0.472 e. The third-order valence-corrected chi connectivity index (χ3v) is 17.2. The molecule has 0 heterocycles. The first-order valence-electron chi connectivity index (χ1n) is 36.9. The van der Waals surface area contributed by atoms with Gasteiger partial charge >= 0.3 is 7.82 Å². The number of rotatable bonds is 67. The zero-order valence-corrected chi connectivity index (χ0v) is 59.1. The van der Waals surface area contributed by atoms with Crippen LogP contribution >= 0.6 is 7.82 Å². The molecule has 0 aliphatic heterocycles. The normalized spacial score (nSPS) is 14.3. The maximum absolute atomic E-state index is 13.1. The number of phosphoric acid groups is 1. The molecule has 0 fully saturated rings. The van der Waals surface area contributed by atoms with Crippen molar-refractivity contribution in [2.75, 3.05) is 40.9 Å². The number of hydrogen-bond acceptors (Lipinski definition) is 5. The first kappa shape index (κ1) is 84.9. The van der Waals surface area contributed by atoms with Crippen molar-refractivity contribution < 1.29 is 32.9 Å². The molecule has 1 amide bonds. The van der Waals surface area contributed by atoms with Crippen molar-refractivity contribution in [1.82, 2.24) is 5.32 Å². The monoisotopic (exact) mass is 1250 g/mol.